The topological polar surface area (TPSA) is 75.7 Å². The third kappa shape index (κ3) is 5.38. The summed E-state index contributed by atoms with van der Waals surface area (Å²) in [5.74, 6) is -1.18. The Labute approximate surface area is 224 Å². The Morgan fingerprint density at radius 2 is 1.74 bits per heavy atom. The number of hydrogen-bond donors (Lipinski definition) is 1. The van der Waals surface area contributed by atoms with Crippen molar-refractivity contribution in [3.8, 4) is 5.75 Å². The Hall–Kier alpha value is -2.84. The average Bonchev–Trinajstić information content (AvgIpc) is 2.81. The van der Waals surface area contributed by atoms with Gasteiger partial charge in [-0.2, -0.15) is 0 Å². The first-order chi connectivity index (χ1) is 16.7. The van der Waals surface area contributed by atoms with Crippen LogP contribution in [0, 0.1) is 6.92 Å². The Kier molecular flexibility index (Phi) is 7.52. The number of anilines is 1. The SMILES string of the molecule is Cc1c(Cl)cccc1N1C(=O)NC(=O)/C(=C\c2cc(Br)ccc2OCc2ccc(Cl)c(Cl)c2)C1=O. The molecule has 0 unspecified atom stereocenters. The number of rotatable bonds is 5. The van der Waals surface area contributed by atoms with Gasteiger partial charge in [-0.1, -0.05) is 62.9 Å². The van der Waals surface area contributed by atoms with Gasteiger partial charge >= 0.3 is 6.03 Å². The van der Waals surface area contributed by atoms with Gasteiger partial charge in [0.25, 0.3) is 11.8 Å². The molecular weight excluding hydrogens is 579 g/mol. The van der Waals surface area contributed by atoms with Crippen molar-refractivity contribution in [1.29, 1.82) is 0 Å². The van der Waals surface area contributed by atoms with E-state index in [-0.39, 0.29) is 17.9 Å². The molecular formula is C25H16BrCl3N2O4. The minimum absolute atomic E-state index is 0.168. The van der Waals surface area contributed by atoms with Crippen LogP contribution >= 0.6 is 50.7 Å². The van der Waals surface area contributed by atoms with Gasteiger partial charge in [0.1, 0.15) is 17.9 Å². The highest BCUT2D eigenvalue weighted by atomic mass is 79.9. The van der Waals surface area contributed by atoms with E-state index in [2.05, 4.69) is 21.2 Å². The normalized spacial score (nSPS) is 14.9. The molecule has 4 rings (SSSR count). The van der Waals surface area contributed by atoms with Crippen LogP contribution in [0.5, 0.6) is 5.75 Å². The van der Waals surface area contributed by atoms with Crippen LogP contribution < -0.4 is 15.0 Å². The molecule has 0 radical (unpaired) electrons. The Morgan fingerprint density at radius 1 is 0.971 bits per heavy atom. The minimum atomic E-state index is -0.854. The van der Waals surface area contributed by atoms with Crippen LogP contribution in [0.15, 0.2) is 64.6 Å². The molecule has 1 aliphatic rings. The van der Waals surface area contributed by atoms with Gasteiger partial charge in [-0.25, -0.2) is 9.69 Å². The highest BCUT2D eigenvalue weighted by Crippen LogP contribution is 2.32. The molecule has 0 spiro atoms. The molecule has 35 heavy (non-hydrogen) atoms. The quantitative estimate of drug-likeness (QED) is 0.256. The molecule has 10 heteroatoms. The van der Waals surface area contributed by atoms with Crippen molar-refractivity contribution in [2.45, 2.75) is 13.5 Å². The van der Waals surface area contributed by atoms with E-state index in [1.54, 1.807) is 61.5 Å². The van der Waals surface area contributed by atoms with E-state index in [9.17, 15) is 14.4 Å². The largest absolute Gasteiger partial charge is 0.488 e. The maximum Gasteiger partial charge on any atom is 0.335 e. The van der Waals surface area contributed by atoms with Crippen molar-refractivity contribution in [1.82, 2.24) is 5.32 Å². The van der Waals surface area contributed by atoms with Crippen LogP contribution in [0.25, 0.3) is 6.08 Å². The number of hydrogen-bond acceptors (Lipinski definition) is 4. The van der Waals surface area contributed by atoms with Crippen molar-refractivity contribution >= 4 is 80.3 Å². The molecule has 4 amide bonds. The molecule has 6 nitrogen and oxygen atoms in total. The number of ether oxygens (including phenoxy) is 1. The first-order valence-electron chi connectivity index (χ1n) is 10.2. The lowest BCUT2D eigenvalue weighted by molar-refractivity contribution is -0.122. The third-order valence-electron chi connectivity index (χ3n) is 5.23. The minimum Gasteiger partial charge on any atom is -0.488 e. The number of nitrogens with zero attached hydrogens (tertiary/aromatic N) is 1. The second kappa shape index (κ2) is 10.4. The second-order valence-electron chi connectivity index (χ2n) is 7.56. The van der Waals surface area contributed by atoms with E-state index in [1.165, 1.54) is 6.08 Å². The van der Waals surface area contributed by atoms with Crippen LogP contribution in [-0.4, -0.2) is 17.8 Å². The summed E-state index contributed by atoms with van der Waals surface area (Å²) in [4.78, 5) is 39.4. The molecule has 1 aliphatic heterocycles. The van der Waals surface area contributed by atoms with Gasteiger partial charge in [0.15, 0.2) is 0 Å². The highest BCUT2D eigenvalue weighted by molar-refractivity contribution is 9.10. The molecule has 3 aromatic rings. The van der Waals surface area contributed by atoms with E-state index >= 15 is 0 Å². The molecule has 178 valence electrons. The summed E-state index contributed by atoms with van der Waals surface area (Å²) < 4.78 is 6.65. The monoisotopic (exact) mass is 592 g/mol. The number of benzene rings is 3. The number of carbonyl (C=O) groups is 3. The zero-order valence-electron chi connectivity index (χ0n) is 18.1. The number of imide groups is 2. The zero-order valence-corrected chi connectivity index (χ0v) is 21.9. The van der Waals surface area contributed by atoms with Crippen molar-refractivity contribution in [3.63, 3.8) is 0 Å². The van der Waals surface area contributed by atoms with Crippen molar-refractivity contribution in [3.05, 3.63) is 96.4 Å². The standard InChI is InChI=1S/C25H16BrCl3N2O4/c1-13-18(27)3-2-4-21(13)31-24(33)17(23(32)30-25(31)34)11-15-10-16(26)6-8-22(15)35-12-14-5-7-19(28)20(29)9-14/h2-11H,12H2,1H3,(H,30,32,34)/b17-11+. The lowest BCUT2D eigenvalue weighted by Gasteiger charge is -2.27. The van der Waals surface area contributed by atoms with Gasteiger partial charge < -0.3 is 4.74 Å². The fourth-order valence-electron chi connectivity index (χ4n) is 3.42. The number of nitrogens with one attached hydrogen (secondary N) is 1. The average molecular weight is 595 g/mol. The van der Waals surface area contributed by atoms with Crippen LogP contribution in [-0.2, 0) is 16.2 Å². The molecule has 0 saturated carbocycles. The first kappa shape index (κ1) is 25.3. The third-order valence-corrected chi connectivity index (χ3v) is 6.87. The molecule has 1 saturated heterocycles. The van der Waals surface area contributed by atoms with E-state index in [1.807, 2.05) is 0 Å². The van der Waals surface area contributed by atoms with Gasteiger partial charge in [-0.3, -0.25) is 14.9 Å². The molecule has 3 aromatic carbocycles. The molecule has 0 atom stereocenters. The number of barbiturate groups is 1. The summed E-state index contributed by atoms with van der Waals surface area (Å²) in [5.41, 5.74) is 1.81. The Bertz CT molecular complexity index is 1410. The van der Waals surface area contributed by atoms with E-state index in [0.717, 1.165) is 10.5 Å². The number of urea groups is 1. The van der Waals surface area contributed by atoms with Gasteiger partial charge in [0.05, 0.1) is 15.7 Å². The first-order valence-corrected chi connectivity index (χ1v) is 12.1. The summed E-state index contributed by atoms with van der Waals surface area (Å²) in [5, 5.41) is 3.43. The van der Waals surface area contributed by atoms with Gasteiger partial charge in [0.2, 0.25) is 0 Å². The molecule has 0 bridgehead atoms. The maximum atomic E-state index is 13.3. The predicted octanol–water partition coefficient (Wildman–Crippen LogP) is 6.96. The Morgan fingerprint density at radius 3 is 2.49 bits per heavy atom. The fraction of sp³-hybridized carbons (Fsp3) is 0.0800. The summed E-state index contributed by atoms with van der Waals surface area (Å²) >= 11 is 21.6. The lowest BCUT2D eigenvalue weighted by Crippen LogP contribution is -2.54. The predicted molar refractivity (Wildman–Crippen MR) is 140 cm³/mol. The molecule has 0 aromatic heterocycles. The summed E-state index contributed by atoms with van der Waals surface area (Å²) in [6.45, 7) is 1.85. The van der Waals surface area contributed by atoms with Crippen LogP contribution in [0.4, 0.5) is 10.5 Å². The van der Waals surface area contributed by atoms with Crippen molar-refractivity contribution in [2.75, 3.05) is 4.90 Å². The van der Waals surface area contributed by atoms with E-state index in [4.69, 9.17) is 39.5 Å². The highest BCUT2D eigenvalue weighted by Gasteiger charge is 2.37. The van der Waals surface area contributed by atoms with E-state index in [0.29, 0.717) is 36.4 Å². The molecule has 1 heterocycles. The van der Waals surface area contributed by atoms with Crippen LogP contribution in [0.1, 0.15) is 16.7 Å². The van der Waals surface area contributed by atoms with E-state index < -0.39 is 17.8 Å². The van der Waals surface area contributed by atoms with Gasteiger partial charge in [0, 0.05) is 15.1 Å². The van der Waals surface area contributed by atoms with Gasteiger partial charge in [-0.15, -0.1) is 0 Å². The second-order valence-corrected chi connectivity index (χ2v) is 9.70. The van der Waals surface area contributed by atoms with Crippen molar-refractivity contribution < 1.29 is 19.1 Å². The smallest absolute Gasteiger partial charge is 0.335 e. The zero-order chi connectivity index (χ0) is 25.3. The Balaban J connectivity index is 1.69. The maximum absolute atomic E-state index is 13.3. The van der Waals surface area contributed by atoms with Crippen LogP contribution in [0.2, 0.25) is 15.1 Å². The summed E-state index contributed by atoms with van der Waals surface area (Å²) in [6.07, 6.45) is 1.38. The van der Waals surface area contributed by atoms with Crippen molar-refractivity contribution in [2.24, 2.45) is 0 Å². The molecule has 1 fully saturated rings. The van der Waals surface area contributed by atoms with Crippen LogP contribution in [0.3, 0.4) is 0 Å². The summed E-state index contributed by atoms with van der Waals surface area (Å²) in [7, 11) is 0. The number of carbonyl (C=O) groups excluding carboxylic acids is 3. The van der Waals surface area contributed by atoms with Gasteiger partial charge in [-0.05, 0) is 66.6 Å². The molecule has 1 N–H and O–H groups in total. The lowest BCUT2D eigenvalue weighted by atomic mass is 10.0. The fourth-order valence-corrected chi connectivity index (χ4v) is 4.29. The number of halogens is 4. The number of amides is 4. The molecule has 0 aliphatic carbocycles. The summed E-state index contributed by atoms with van der Waals surface area (Å²) in [6, 6.07) is 14.3.